The van der Waals surface area contributed by atoms with E-state index in [1.54, 1.807) is 0 Å². The molecule has 1 aliphatic carbocycles. The summed E-state index contributed by atoms with van der Waals surface area (Å²) in [7, 11) is 0. The van der Waals surface area contributed by atoms with Gasteiger partial charge < -0.3 is 10.5 Å². The Bertz CT molecular complexity index is 270. The Morgan fingerprint density at radius 3 is 2.35 bits per heavy atom. The van der Waals surface area contributed by atoms with E-state index in [-0.39, 0.29) is 11.4 Å². The molecule has 0 bridgehead atoms. The van der Waals surface area contributed by atoms with Gasteiger partial charge in [-0.2, -0.15) is 0 Å². The van der Waals surface area contributed by atoms with Crippen molar-refractivity contribution in [2.45, 2.75) is 78.1 Å². The fourth-order valence-corrected chi connectivity index (χ4v) is 3.14. The van der Waals surface area contributed by atoms with Gasteiger partial charge in [-0.1, -0.05) is 58.8 Å². The molecular weight excluding hydrogens is 250 g/mol. The van der Waals surface area contributed by atoms with Gasteiger partial charge in [0.1, 0.15) is 0 Å². The summed E-state index contributed by atoms with van der Waals surface area (Å²) < 4.78 is 5.66. The monoisotopic (exact) mass is 283 g/mol. The second-order valence-corrected chi connectivity index (χ2v) is 6.41. The Morgan fingerprint density at radius 2 is 1.85 bits per heavy atom. The van der Waals surface area contributed by atoms with Crippen LogP contribution < -0.4 is 5.73 Å². The Balaban J connectivity index is 2.49. The highest BCUT2D eigenvalue weighted by Crippen LogP contribution is 2.35. The van der Waals surface area contributed by atoms with Crippen molar-refractivity contribution in [2.24, 2.45) is 17.1 Å². The molecule has 0 heterocycles. The second-order valence-electron chi connectivity index (χ2n) is 6.41. The van der Waals surface area contributed by atoms with E-state index in [4.69, 9.17) is 10.5 Å². The summed E-state index contributed by atoms with van der Waals surface area (Å²) in [5.41, 5.74) is 5.54. The summed E-state index contributed by atoms with van der Waals surface area (Å²) in [6.07, 6.45) is 11.2. The molecule has 0 aromatic rings. The molecule has 1 aliphatic rings. The fourth-order valence-electron chi connectivity index (χ4n) is 3.14. The number of hydrogen-bond donors (Lipinski definition) is 1. The summed E-state index contributed by atoms with van der Waals surface area (Å²) in [5.74, 6) is 0.483. The van der Waals surface area contributed by atoms with Gasteiger partial charge in [0.05, 0.1) is 12.0 Å². The molecule has 1 rings (SSSR count). The smallest absolute Gasteiger partial charge is 0.313 e. The van der Waals surface area contributed by atoms with Gasteiger partial charge in [0, 0.05) is 6.54 Å². The summed E-state index contributed by atoms with van der Waals surface area (Å²) in [6, 6.07) is 0. The highest BCUT2D eigenvalue weighted by molar-refractivity contribution is 5.77. The predicted octanol–water partition coefficient (Wildman–Crippen LogP) is 4.05. The maximum Gasteiger partial charge on any atom is 0.313 e. The van der Waals surface area contributed by atoms with Gasteiger partial charge in [-0.25, -0.2) is 0 Å². The maximum absolute atomic E-state index is 12.5. The van der Waals surface area contributed by atoms with E-state index in [1.807, 2.05) is 0 Å². The van der Waals surface area contributed by atoms with Crippen LogP contribution in [0.5, 0.6) is 0 Å². The fraction of sp³-hybridized carbons (Fsp3) is 0.941. The predicted molar refractivity (Wildman–Crippen MR) is 83.5 cm³/mol. The molecule has 0 aromatic heterocycles. The average Bonchev–Trinajstić information content (AvgIpc) is 2.73. The number of unbranched alkanes of at least 4 members (excludes halogenated alkanes) is 1. The van der Waals surface area contributed by atoms with Gasteiger partial charge in [0.15, 0.2) is 0 Å². The van der Waals surface area contributed by atoms with E-state index >= 15 is 0 Å². The third kappa shape index (κ3) is 5.08. The van der Waals surface area contributed by atoms with Crippen molar-refractivity contribution in [3.8, 4) is 0 Å². The van der Waals surface area contributed by atoms with Crippen LogP contribution >= 0.6 is 0 Å². The van der Waals surface area contributed by atoms with E-state index < -0.39 is 0 Å². The topological polar surface area (TPSA) is 52.3 Å². The van der Waals surface area contributed by atoms with Gasteiger partial charge in [-0.05, 0) is 25.2 Å². The molecule has 2 N–H and O–H groups in total. The number of carbonyl (C=O) groups is 1. The summed E-state index contributed by atoms with van der Waals surface area (Å²) in [4.78, 5) is 12.5. The molecule has 0 aromatic carbocycles. The number of esters is 1. The summed E-state index contributed by atoms with van der Waals surface area (Å²) in [6.45, 7) is 5.40. The van der Waals surface area contributed by atoms with Crippen LogP contribution in [0.2, 0.25) is 0 Å². The SMILES string of the molecule is CCCCC(CC)COC(=O)C1(CN)CCCCCC1. The van der Waals surface area contributed by atoms with Crippen molar-refractivity contribution in [3.05, 3.63) is 0 Å². The van der Waals surface area contributed by atoms with E-state index in [2.05, 4.69) is 13.8 Å². The molecule has 1 fully saturated rings. The van der Waals surface area contributed by atoms with Crippen molar-refractivity contribution >= 4 is 5.97 Å². The average molecular weight is 283 g/mol. The van der Waals surface area contributed by atoms with E-state index in [0.717, 1.165) is 38.5 Å². The molecule has 1 saturated carbocycles. The molecule has 0 aliphatic heterocycles. The van der Waals surface area contributed by atoms with Crippen LogP contribution in [-0.2, 0) is 9.53 Å². The zero-order chi connectivity index (χ0) is 14.8. The largest absolute Gasteiger partial charge is 0.465 e. The molecule has 0 radical (unpaired) electrons. The molecule has 0 saturated heterocycles. The lowest BCUT2D eigenvalue weighted by atomic mass is 9.80. The van der Waals surface area contributed by atoms with Crippen molar-refractivity contribution in [1.29, 1.82) is 0 Å². The zero-order valence-electron chi connectivity index (χ0n) is 13.5. The highest BCUT2D eigenvalue weighted by Gasteiger charge is 2.38. The first kappa shape index (κ1) is 17.5. The number of hydrogen-bond acceptors (Lipinski definition) is 3. The number of nitrogens with two attached hydrogens (primary N) is 1. The van der Waals surface area contributed by atoms with Crippen molar-refractivity contribution in [1.82, 2.24) is 0 Å². The Morgan fingerprint density at radius 1 is 1.20 bits per heavy atom. The van der Waals surface area contributed by atoms with Crippen LogP contribution in [0, 0.1) is 11.3 Å². The summed E-state index contributed by atoms with van der Waals surface area (Å²) >= 11 is 0. The normalized spacial score (nSPS) is 20.1. The first-order valence-electron chi connectivity index (χ1n) is 8.55. The van der Waals surface area contributed by atoms with Crippen LogP contribution in [0.4, 0.5) is 0 Å². The van der Waals surface area contributed by atoms with E-state index in [9.17, 15) is 4.79 Å². The number of rotatable bonds is 8. The first-order valence-corrected chi connectivity index (χ1v) is 8.55. The second kappa shape index (κ2) is 9.38. The van der Waals surface area contributed by atoms with Gasteiger partial charge >= 0.3 is 5.97 Å². The van der Waals surface area contributed by atoms with Gasteiger partial charge in [0.2, 0.25) is 0 Å². The number of carbonyl (C=O) groups excluding carboxylic acids is 1. The van der Waals surface area contributed by atoms with Crippen LogP contribution in [0.15, 0.2) is 0 Å². The Kier molecular flexibility index (Phi) is 8.20. The molecule has 3 heteroatoms. The number of ether oxygens (including phenoxy) is 1. The molecule has 0 amide bonds. The van der Waals surface area contributed by atoms with Gasteiger partial charge in [0.25, 0.3) is 0 Å². The highest BCUT2D eigenvalue weighted by atomic mass is 16.5. The van der Waals surface area contributed by atoms with Crippen LogP contribution in [0.3, 0.4) is 0 Å². The molecule has 0 spiro atoms. The minimum Gasteiger partial charge on any atom is -0.465 e. The van der Waals surface area contributed by atoms with Gasteiger partial charge in [-0.15, -0.1) is 0 Å². The Hall–Kier alpha value is -0.570. The lowest BCUT2D eigenvalue weighted by molar-refractivity contribution is -0.158. The van der Waals surface area contributed by atoms with E-state index in [0.29, 0.717) is 19.1 Å². The third-order valence-corrected chi connectivity index (χ3v) is 4.88. The van der Waals surface area contributed by atoms with Crippen LogP contribution in [-0.4, -0.2) is 19.1 Å². The Labute approximate surface area is 124 Å². The molecule has 118 valence electrons. The standard InChI is InChI=1S/C17H33NO2/c1-3-5-10-15(4-2)13-20-16(19)17(14-18)11-8-6-7-9-12-17/h15H,3-14,18H2,1-2H3. The van der Waals surface area contributed by atoms with E-state index in [1.165, 1.54) is 25.7 Å². The molecule has 1 atom stereocenters. The van der Waals surface area contributed by atoms with Crippen molar-refractivity contribution < 1.29 is 9.53 Å². The third-order valence-electron chi connectivity index (χ3n) is 4.88. The van der Waals surface area contributed by atoms with Gasteiger partial charge in [-0.3, -0.25) is 4.79 Å². The van der Waals surface area contributed by atoms with Crippen molar-refractivity contribution in [3.63, 3.8) is 0 Å². The minimum absolute atomic E-state index is 0.0307. The maximum atomic E-state index is 12.5. The quantitative estimate of drug-likeness (QED) is 0.540. The lowest BCUT2D eigenvalue weighted by Gasteiger charge is -2.29. The van der Waals surface area contributed by atoms with Crippen LogP contribution in [0.1, 0.15) is 78.1 Å². The van der Waals surface area contributed by atoms with Crippen molar-refractivity contribution in [2.75, 3.05) is 13.2 Å². The molecule has 1 unspecified atom stereocenters. The lowest BCUT2D eigenvalue weighted by Crippen LogP contribution is -2.40. The summed E-state index contributed by atoms with van der Waals surface area (Å²) in [5, 5.41) is 0. The molecule has 20 heavy (non-hydrogen) atoms. The zero-order valence-corrected chi connectivity index (χ0v) is 13.5. The van der Waals surface area contributed by atoms with Crippen LogP contribution in [0.25, 0.3) is 0 Å². The molecular formula is C17H33NO2. The minimum atomic E-state index is -0.389. The first-order chi connectivity index (χ1) is 9.68. The molecule has 3 nitrogen and oxygen atoms in total.